The Labute approximate surface area is 165 Å². The summed E-state index contributed by atoms with van der Waals surface area (Å²) in [7, 11) is 6.15. The summed E-state index contributed by atoms with van der Waals surface area (Å²) in [5.41, 5.74) is 2.97. The van der Waals surface area contributed by atoms with Gasteiger partial charge in [-0.3, -0.25) is 0 Å². The summed E-state index contributed by atoms with van der Waals surface area (Å²) in [6.45, 7) is 0. The number of rotatable bonds is 5. The monoisotopic (exact) mass is 377 g/mol. The SMILES string of the molecule is CNc1ncc(-c2ccc3ncnc(N[C@H]4CC[C@H](N(C)C)CC4)c3c2)cn1. The normalized spacial score (nSPS) is 19.7. The third-order valence-corrected chi connectivity index (χ3v) is 5.61. The molecule has 2 heterocycles. The number of hydrogen-bond donors (Lipinski definition) is 2. The van der Waals surface area contributed by atoms with E-state index in [2.05, 4.69) is 61.7 Å². The minimum Gasteiger partial charge on any atom is -0.367 e. The Morgan fingerprint density at radius 2 is 1.68 bits per heavy atom. The maximum absolute atomic E-state index is 4.54. The molecule has 0 saturated heterocycles. The van der Waals surface area contributed by atoms with E-state index in [4.69, 9.17) is 0 Å². The van der Waals surface area contributed by atoms with Crippen molar-refractivity contribution >= 4 is 22.7 Å². The van der Waals surface area contributed by atoms with Gasteiger partial charge in [0.05, 0.1) is 5.52 Å². The Kier molecular flexibility index (Phi) is 5.34. The van der Waals surface area contributed by atoms with Crippen LogP contribution in [0.2, 0.25) is 0 Å². The molecule has 2 aromatic heterocycles. The quantitative estimate of drug-likeness (QED) is 0.705. The third-order valence-electron chi connectivity index (χ3n) is 5.61. The number of nitrogens with zero attached hydrogens (tertiary/aromatic N) is 5. The molecule has 0 unspecified atom stereocenters. The van der Waals surface area contributed by atoms with E-state index in [9.17, 15) is 0 Å². The molecule has 0 spiro atoms. The number of anilines is 2. The topological polar surface area (TPSA) is 78.9 Å². The first-order chi connectivity index (χ1) is 13.6. The van der Waals surface area contributed by atoms with Gasteiger partial charge in [0.1, 0.15) is 12.1 Å². The summed E-state index contributed by atoms with van der Waals surface area (Å²) >= 11 is 0. The van der Waals surface area contributed by atoms with Crippen LogP contribution in [0.25, 0.3) is 22.0 Å². The van der Waals surface area contributed by atoms with Gasteiger partial charge in [-0.2, -0.15) is 0 Å². The highest BCUT2D eigenvalue weighted by atomic mass is 15.1. The number of aromatic nitrogens is 4. The molecule has 4 rings (SSSR count). The van der Waals surface area contributed by atoms with Crippen molar-refractivity contribution in [3.8, 4) is 11.1 Å². The van der Waals surface area contributed by atoms with Gasteiger partial charge in [-0.1, -0.05) is 6.07 Å². The van der Waals surface area contributed by atoms with Gasteiger partial charge < -0.3 is 15.5 Å². The smallest absolute Gasteiger partial charge is 0.222 e. The zero-order chi connectivity index (χ0) is 19.5. The molecule has 0 amide bonds. The minimum atomic E-state index is 0.455. The van der Waals surface area contributed by atoms with Crippen molar-refractivity contribution in [3.63, 3.8) is 0 Å². The molecule has 7 nitrogen and oxygen atoms in total. The maximum atomic E-state index is 4.54. The van der Waals surface area contributed by atoms with Crippen molar-refractivity contribution in [3.05, 3.63) is 36.9 Å². The summed E-state index contributed by atoms with van der Waals surface area (Å²) in [6, 6.07) is 7.36. The molecule has 7 heteroatoms. The minimum absolute atomic E-state index is 0.455. The number of nitrogens with one attached hydrogen (secondary N) is 2. The van der Waals surface area contributed by atoms with E-state index >= 15 is 0 Å². The Bertz CT molecular complexity index is 931. The van der Waals surface area contributed by atoms with Crippen LogP contribution in [0.15, 0.2) is 36.9 Å². The Hall–Kier alpha value is -2.80. The van der Waals surface area contributed by atoms with Crippen LogP contribution in [-0.2, 0) is 0 Å². The first-order valence-electron chi connectivity index (χ1n) is 9.82. The third kappa shape index (κ3) is 3.89. The van der Waals surface area contributed by atoms with Crippen molar-refractivity contribution < 1.29 is 0 Å². The summed E-state index contributed by atoms with van der Waals surface area (Å²) < 4.78 is 0. The van der Waals surface area contributed by atoms with Crippen LogP contribution >= 0.6 is 0 Å². The van der Waals surface area contributed by atoms with Gasteiger partial charge in [-0.05, 0) is 57.5 Å². The van der Waals surface area contributed by atoms with E-state index in [1.54, 1.807) is 6.33 Å². The Morgan fingerprint density at radius 1 is 0.929 bits per heavy atom. The van der Waals surface area contributed by atoms with Crippen LogP contribution in [0.3, 0.4) is 0 Å². The Morgan fingerprint density at radius 3 is 2.36 bits per heavy atom. The van der Waals surface area contributed by atoms with E-state index in [1.807, 2.05) is 25.5 Å². The summed E-state index contributed by atoms with van der Waals surface area (Å²) in [4.78, 5) is 19.9. The second kappa shape index (κ2) is 8.06. The molecule has 1 saturated carbocycles. The molecule has 3 aromatic rings. The summed E-state index contributed by atoms with van der Waals surface area (Å²) in [5, 5.41) is 7.65. The first-order valence-corrected chi connectivity index (χ1v) is 9.82. The standard InChI is InChI=1S/C21H27N7/c1-22-21-23-11-15(12-24-21)14-4-9-19-18(10-14)20(26-13-25-19)27-16-5-7-17(8-6-16)28(2)3/h4,9-13,16-17H,5-8H2,1-3H3,(H,22,23,24)(H,25,26,27)/t16-,17-. The van der Waals surface area contributed by atoms with Crippen molar-refractivity contribution in [2.45, 2.75) is 37.8 Å². The predicted molar refractivity (Wildman–Crippen MR) is 113 cm³/mol. The highest BCUT2D eigenvalue weighted by Gasteiger charge is 2.23. The fraction of sp³-hybridized carbons (Fsp3) is 0.429. The van der Waals surface area contributed by atoms with Crippen LogP contribution in [0.5, 0.6) is 0 Å². The van der Waals surface area contributed by atoms with Crippen LogP contribution in [-0.4, -0.2) is 58.1 Å². The number of hydrogen-bond acceptors (Lipinski definition) is 7. The molecular weight excluding hydrogens is 350 g/mol. The van der Waals surface area contributed by atoms with Gasteiger partial charge in [0.2, 0.25) is 5.95 Å². The molecule has 0 radical (unpaired) electrons. The molecule has 0 atom stereocenters. The lowest BCUT2D eigenvalue weighted by Gasteiger charge is -2.33. The van der Waals surface area contributed by atoms with E-state index in [0.717, 1.165) is 40.7 Å². The van der Waals surface area contributed by atoms with Crippen molar-refractivity contribution in [2.75, 3.05) is 31.8 Å². The van der Waals surface area contributed by atoms with Crippen molar-refractivity contribution in [1.82, 2.24) is 24.8 Å². The zero-order valence-electron chi connectivity index (χ0n) is 16.7. The van der Waals surface area contributed by atoms with Gasteiger partial charge in [0, 0.05) is 42.5 Å². The average Bonchev–Trinajstić information content (AvgIpc) is 2.74. The second-order valence-corrected chi connectivity index (χ2v) is 7.61. The van der Waals surface area contributed by atoms with Gasteiger partial charge >= 0.3 is 0 Å². The lowest BCUT2D eigenvalue weighted by molar-refractivity contribution is 0.221. The number of benzene rings is 1. The summed E-state index contributed by atoms with van der Waals surface area (Å²) in [5.74, 6) is 1.52. The number of fused-ring (bicyclic) bond motifs is 1. The van der Waals surface area contributed by atoms with Gasteiger partial charge in [-0.25, -0.2) is 19.9 Å². The molecule has 0 aliphatic heterocycles. The molecule has 1 aliphatic rings. The lowest BCUT2D eigenvalue weighted by atomic mass is 9.90. The van der Waals surface area contributed by atoms with E-state index < -0.39 is 0 Å². The van der Waals surface area contributed by atoms with Crippen LogP contribution < -0.4 is 10.6 Å². The van der Waals surface area contributed by atoms with Crippen LogP contribution in [0, 0.1) is 0 Å². The molecule has 28 heavy (non-hydrogen) atoms. The van der Waals surface area contributed by atoms with Crippen molar-refractivity contribution in [2.24, 2.45) is 0 Å². The average molecular weight is 377 g/mol. The highest BCUT2D eigenvalue weighted by molar-refractivity contribution is 5.92. The first kappa shape index (κ1) is 18.6. The maximum Gasteiger partial charge on any atom is 0.222 e. The predicted octanol–water partition coefficient (Wildman–Crippen LogP) is 3.41. The highest BCUT2D eigenvalue weighted by Crippen LogP contribution is 2.29. The molecule has 2 N–H and O–H groups in total. The van der Waals surface area contributed by atoms with E-state index in [-0.39, 0.29) is 0 Å². The van der Waals surface area contributed by atoms with Gasteiger partial charge in [0.15, 0.2) is 0 Å². The summed E-state index contributed by atoms with van der Waals surface area (Å²) in [6.07, 6.45) is 10.1. The molecule has 0 bridgehead atoms. The molecule has 1 aliphatic carbocycles. The van der Waals surface area contributed by atoms with Gasteiger partial charge in [-0.15, -0.1) is 0 Å². The Balaban J connectivity index is 1.58. The molecule has 1 aromatic carbocycles. The largest absolute Gasteiger partial charge is 0.367 e. The zero-order valence-corrected chi connectivity index (χ0v) is 16.7. The van der Waals surface area contributed by atoms with Crippen LogP contribution in [0.1, 0.15) is 25.7 Å². The molecule has 1 fully saturated rings. The van der Waals surface area contributed by atoms with Gasteiger partial charge in [0.25, 0.3) is 0 Å². The second-order valence-electron chi connectivity index (χ2n) is 7.61. The van der Waals surface area contributed by atoms with E-state index in [0.29, 0.717) is 18.0 Å². The fourth-order valence-electron chi connectivity index (χ4n) is 3.89. The fourth-order valence-corrected chi connectivity index (χ4v) is 3.89. The lowest BCUT2D eigenvalue weighted by Crippen LogP contribution is -2.36. The van der Waals surface area contributed by atoms with Crippen molar-refractivity contribution in [1.29, 1.82) is 0 Å². The molecular formula is C21H27N7. The van der Waals surface area contributed by atoms with Crippen LogP contribution in [0.4, 0.5) is 11.8 Å². The molecule has 146 valence electrons. The van der Waals surface area contributed by atoms with E-state index in [1.165, 1.54) is 12.8 Å².